The Labute approximate surface area is 124 Å². The van der Waals surface area contributed by atoms with Gasteiger partial charge in [0.2, 0.25) is 0 Å². The highest BCUT2D eigenvalue weighted by Gasteiger charge is 2.04. The molecule has 0 heterocycles. The summed E-state index contributed by atoms with van der Waals surface area (Å²) < 4.78 is 10.5. The Morgan fingerprint density at radius 2 is 1.60 bits per heavy atom. The number of benzene rings is 2. The Hall–Kier alpha value is -1.71. The molecular weight excluding hydrogens is 274 g/mol. The lowest BCUT2D eigenvalue weighted by atomic mass is 10.2. The van der Waals surface area contributed by atoms with Gasteiger partial charge in [-0.2, -0.15) is 0 Å². The molecule has 2 aromatic carbocycles. The summed E-state index contributed by atoms with van der Waals surface area (Å²) in [5.41, 5.74) is 2.31. The molecule has 0 aliphatic rings. The fourth-order valence-electron chi connectivity index (χ4n) is 1.99. The van der Waals surface area contributed by atoms with Gasteiger partial charge < -0.3 is 14.8 Å². The average molecular weight is 292 g/mol. The summed E-state index contributed by atoms with van der Waals surface area (Å²) in [4.78, 5) is 0. The highest BCUT2D eigenvalue weighted by atomic mass is 35.5. The summed E-state index contributed by atoms with van der Waals surface area (Å²) in [5.74, 6) is 1.49. The van der Waals surface area contributed by atoms with E-state index in [1.807, 2.05) is 42.5 Å². The average Bonchev–Trinajstić information content (AvgIpc) is 2.47. The van der Waals surface area contributed by atoms with Crippen LogP contribution in [-0.4, -0.2) is 14.2 Å². The Bertz CT molecular complexity index is 572. The zero-order valence-corrected chi connectivity index (χ0v) is 12.4. The number of rotatable bonds is 6. The third kappa shape index (κ3) is 3.89. The molecule has 0 amide bonds. The molecule has 0 aliphatic carbocycles. The first-order valence-electron chi connectivity index (χ1n) is 6.39. The minimum absolute atomic E-state index is 0.742. The van der Waals surface area contributed by atoms with Crippen molar-refractivity contribution >= 4 is 11.6 Å². The molecule has 0 fully saturated rings. The van der Waals surface area contributed by atoms with Crippen molar-refractivity contribution in [1.29, 1.82) is 0 Å². The third-order valence-corrected chi connectivity index (χ3v) is 3.23. The van der Waals surface area contributed by atoms with Crippen molar-refractivity contribution in [3.63, 3.8) is 0 Å². The maximum Gasteiger partial charge on any atom is 0.161 e. The van der Waals surface area contributed by atoms with Crippen LogP contribution in [0.2, 0.25) is 5.02 Å². The van der Waals surface area contributed by atoms with Crippen LogP contribution >= 0.6 is 11.6 Å². The largest absolute Gasteiger partial charge is 0.493 e. The van der Waals surface area contributed by atoms with E-state index >= 15 is 0 Å². The van der Waals surface area contributed by atoms with Gasteiger partial charge in [0.15, 0.2) is 11.5 Å². The fourth-order valence-corrected chi connectivity index (χ4v) is 2.20. The summed E-state index contributed by atoms with van der Waals surface area (Å²) in [6.45, 7) is 1.53. The van der Waals surface area contributed by atoms with Crippen molar-refractivity contribution in [2.75, 3.05) is 14.2 Å². The number of methoxy groups -OCH3 is 2. The highest BCUT2D eigenvalue weighted by molar-refractivity contribution is 6.30. The van der Waals surface area contributed by atoms with Crippen LogP contribution in [-0.2, 0) is 13.1 Å². The molecule has 2 aromatic rings. The van der Waals surface area contributed by atoms with Crippen LogP contribution in [0.1, 0.15) is 11.1 Å². The van der Waals surface area contributed by atoms with Gasteiger partial charge >= 0.3 is 0 Å². The molecular formula is C16H18ClNO2. The first-order valence-corrected chi connectivity index (χ1v) is 6.77. The Morgan fingerprint density at radius 3 is 2.25 bits per heavy atom. The molecule has 0 aromatic heterocycles. The minimum Gasteiger partial charge on any atom is -0.493 e. The van der Waals surface area contributed by atoms with Crippen LogP contribution in [0.4, 0.5) is 0 Å². The van der Waals surface area contributed by atoms with Crippen LogP contribution in [0.5, 0.6) is 11.5 Å². The molecule has 2 rings (SSSR count). The molecule has 0 bridgehead atoms. The number of ether oxygens (including phenoxy) is 2. The summed E-state index contributed by atoms with van der Waals surface area (Å²) in [6.07, 6.45) is 0. The maximum atomic E-state index is 5.96. The van der Waals surface area contributed by atoms with Gasteiger partial charge in [-0.25, -0.2) is 0 Å². The second-order valence-corrected chi connectivity index (χ2v) is 4.86. The molecule has 0 aliphatic heterocycles. The SMILES string of the molecule is COc1ccc(CNCc2cccc(Cl)c2)cc1OC. The Kier molecular flexibility index (Phi) is 5.27. The summed E-state index contributed by atoms with van der Waals surface area (Å²) >= 11 is 5.96. The summed E-state index contributed by atoms with van der Waals surface area (Å²) in [6, 6.07) is 13.7. The molecule has 4 heteroatoms. The third-order valence-electron chi connectivity index (χ3n) is 3.00. The first-order chi connectivity index (χ1) is 9.72. The zero-order chi connectivity index (χ0) is 14.4. The maximum absolute atomic E-state index is 5.96. The number of hydrogen-bond acceptors (Lipinski definition) is 3. The van der Waals surface area contributed by atoms with E-state index in [2.05, 4.69) is 5.32 Å². The van der Waals surface area contributed by atoms with Crippen molar-refractivity contribution < 1.29 is 9.47 Å². The Balaban J connectivity index is 1.94. The van der Waals surface area contributed by atoms with Crippen LogP contribution in [0, 0.1) is 0 Å². The van der Waals surface area contributed by atoms with Crippen LogP contribution in [0.3, 0.4) is 0 Å². The molecule has 1 N–H and O–H groups in total. The number of halogens is 1. The van der Waals surface area contributed by atoms with Gasteiger partial charge in [-0.15, -0.1) is 0 Å². The first kappa shape index (κ1) is 14.7. The van der Waals surface area contributed by atoms with Gasteiger partial charge in [-0.1, -0.05) is 29.8 Å². The van der Waals surface area contributed by atoms with Crippen molar-refractivity contribution in [2.45, 2.75) is 13.1 Å². The molecule has 0 unspecified atom stereocenters. The summed E-state index contributed by atoms with van der Waals surface area (Å²) in [5, 5.41) is 4.14. The second kappa shape index (κ2) is 7.17. The molecule has 0 atom stereocenters. The van der Waals surface area contributed by atoms with Crippen molar-refractivity contribution in [2.24, 2.45) is 0 Å². The predicted octanol–water partition coefficient (Wildman–Crippen LogP) is 3.65. The monoisotopic (exact) mass is 291 g/mol. The smallest absolute Gasteiger partial charge is 0.161 e. The fraction of sp³-hybridized carbons (Fsp3) is 0.250. The van der Waals surface area contributed by atoms with Gasteiger partial charge in [0.1, 0.15) is 0 Å². The van der Waals surface area contributed by atoms with Crippen molar-refractivity contribution in [1.82, 2.24) is 5.32 Å². The molecule has 20 heavy (non-hydrogen) atoms. The molecule has 106 valence electrons. The van der Waals surface area contributed by atoms with Crippen LogP contribution in [0.25, 0.3) is 0 Å². The van der Waals surface area contributed by atoms with E-state index in [1.54, 1.807) is 14.2 Å². The van der Waals surface area contributed by atoms with Gasteiger partial charge in [0.25, 0.3) is 0 Å². The van der Waals surface area contributed by atoms with E-state index in [1.165, 1.54) is 0 Å². The van der Waals surface area contributed by atoms with Gasteiger partial charge in [-0.05, 0) is 35.4 Å². The standard InChI is InChI=1S/C16H18ClNO2/c1-19-15-7-6-13(9-16(15)20-2)11-18-10-12-4-3-5-14(17)8-12/h3-9,18H,10-11H2,1-2H3. The van der Waals surface area contributed by atoms with Crippen molar-refractivity contribution in [3.8, 4) is 11.5 Å². The second-order valence-electron chi connectivity index (χ2n) is 4.42. The van der Waals surface area contributed by atoms with Gasteiger partial charge in [0.05, 0.1) is 14.2 Å². The van der Waals surface area contributed by atoms with E-state index in [4.69, 9.17) is 21.1 Å². The highest BCUT2D eigenvalue weighted by Crippen LogP contribution is 2.27. The topological polar surface area (TPSA) is 30.5 Å². The lowest BCUT2D eigenvalue weighted by molar-refractivity contribution is 0.354. The van der Waals surface area contributed by atoms with E-state index in [0.29, 0.717) is 0 Å². The van der Waals surface area contributed by atoms with Gasteiger partial charge in [0, 0.05) is 18.1 Å². The van der Waals surface area contributed by atoms with Crippen LogP contribution in [0.15, 0.2) is 42.5 Å². The van der Waals surface area contributed by atoms with Gasteiger partial charge in [-0.3, -0.25) is 0 Å². The lowest BCUT2D eigenvalue weighted by Gasteiger charge is -2.10. The number of hydrogen-bond donors (Lipinski definition) is 1. The number of nitrogens with one attached hydrogen (secondary N) is 1. The lowest BCUT2D eigenvalue weighted by Crippen LogP contribution is -2.12. The van der Waals surface area contributed by atoms with E-state index < -0.39 is 0 Å². The molecule has 0 saturated heterocycles. The minimum atomic E-state index is 0.742. The predicted molar refractivity (Wildman–Crippen MR) is 81.5 cm³/mol. The van der Waals surface area contributed by atoms with E-state index in [0.717, 1.165) is 40.7 Å². The molecule has 0 saturated carbocycles. The zero-order valence-electron chi connectivity index (χ0n) is 11.7. The molecule has 0 radical (unpaired) electrons. The normalized spacial score (nSPS) is 10.3. The summed E-state index contributed by atoms with van der Waals surface area (Å²) in [7, 11) is 3.27. The molecule has 0 spiro atoms. The quantitative estimate of drug-likeness (QED) is 0.881. The Morgan fingerprint density at radius 1 is 0.900 bits per heavy atom. The molecule has 3 nitrogen and oxygen atoms in total. The van der Waals surface area contributed by atoms with E-state index in [9.17, 15) is 0 Å². The van der Waals surface area contributed by atoms with Crippen LogP contribution < -0.4 is 14.8 Å². The van der Waals surface area contributed by atoms with E-state index in [-0.39, 0.29) is 0 Å². The van der Waals surface area contributed by atoms with Crippen molar-refractivity contribution in [3.05, 3.63) is 58.6 Å².